The summed E-state index contributed by atoms with van der Waals surface area (Å²) in [5, 5.41) is 8.00. The molecule has 0 aromatic carbocycles. The van der Waals surface area contributed by atoms with Crippen molar-refractivity contribution in [2.75, 3.05) is 0 Å². The quantitative estimate of drug-likeness (QED) is 0.675. The van der Waals surface area contributed by atoms with E-state index < -0.39 is 0 Å². The molecule has 0 fully saturated rings. The summed E-state index contributed by atoms with van der Waals surface area (Å²) in [5.41, 5.74) is 0.674. The van der Waals surface area contributed by atoms with Gasteiger partial charge < -0.3 is 19.5 Å². The van der Waals surface area contributed by atoms with Crippen LogP contribution in [0, 0.1) is 0 Å². The molecule has 25 heavy (non-hydrogen) atoms. The van der Waals surface area contributed by atoms with Crippen molar-refractivity contribution in [3.63, 3.8) is 0 Å². The third-order valence-electron chi connectivity index (χ3n) is 3.33. The fourth-order valence-corrected chi connectivity index (χ4v) is 2.91. The third kappa shape index (κ3) is 4.80. The van der Waals surface area contributed by atoms with Crippen LogP contribution in [-0.2, 0) is 29.1 Å². The first-order valence-electron chi connectivity index (χ1n) is 7.67. The molecule has 0 bridgehead atoms. The van der Waals surface area contributed by atoms with Crippen molar-refractivity contribution < 1.29 is 18.4 Å². The third-order valence-corrected chi connectivity index (χ3v) is 4.18. The summed E-state index contributed by atoms with van der Waals surface area (Å²) in [6.07, 6.45) is 1.77. The van der Waals surface area contributed by atoms with Crippen molar-refractivity contribution in [3.8, 4) is 11.5 Å². The van der Waals surface area contributed by atoms with Gasteiger partial charge in [-0.05, 0) is 24.3 Å². The minimum atomic E-state index is -0.122. The number of carbonyl (C=O) groups is 2. The summed E-state index contributed by atoms with van der Waals surface area (Å²) >= 11 is 1.40. The Balaban J connectivity index is 1.55. The summed E-state index contributed by atoms with van der Waals surface area (Å²) in [6, 6.07) is 7.17. The molecule has 3 rings (SSSR count). The number of hydrogen-bond acceptors (Lipinski definition) is 6. The first-order valence-corrected chi connectivity index (χ1v) is 8.55. The van der Waals surface area contributed by atoms with Gasteiger partial charge in [-0.2, -0.15) is 0 Å². The van der Waals surface area contributed by atoms with E-state index in [0.717, 1.165) is 0 Å². The predicted octanol–water partition coefficient (Wildman–Crippen LogP) is 2.49. The van der Waals surface area contributed by atoms with Gasteiger partial charge >= 0.3 is 0 Å². The van der Waals surface area contributed by atoms with E-state index in [-0.39, 0.29) is 18.2 Å². The lowest BCUT2D eigenvalue weighted by Gasteiger charge is -2.00. The van der Waals surface area contributed by atoms with Crippen molar-refractivity contribution in [1.29, 1.82) is 0 Å². The maximum atomic E-state index is 12.0. The minimum Gasteiger partial charge on any atom is -0.467 e. The second kappa shape index (κ2) is 7.80. The zero-order valence-corrected chi connectivity index (χ0v) is 14.4. The van der Waals surface area contributed by atoms with E-state index >= 15 is 0 Å². The average Bonchev–Trinajstić information content (AvgIpc) is 3.32. The molecule has 0 saturated heterocycles. The van der Waals surface area contributed by atoms with Gasteiger partial charge in [0.2, 0.25) is 11.8 Å². The molecule has 2 amide bonds. The zero-order chi connectivity index (χ0) is 17.6. The van der Waals surface area contributed by atoms with Crippen LogP contribution >= 0.6 is 11.3 Å². The average molecular weight is 359 g/mol. The molecule has 0 radical (unpaired) electrons. The van der Waals surface area contributed by atoms with Crippen LogP contribution < -0.4 is 10.6 Å². The van der Waals surface area contributed by atoms with Gasteiger partial charge in [-0.15, -0.1) is 11.3 Å². The van der Waals surface area contributed by atoms with E-state index in [2.05, 4.69) is 15.6 Å². The molecular formula is C17H17N3O4S. The van der Waals surface area contributed by atoms with E-state index in [4.69, 9.17) is 8.83 Å². The van der Waals surface area contributed by atoms with Gasteiger partial charge in [-0.1, -0.05) is 0 Å². The van der Waals surface area contributed by atoms with E-state index in [9.17, 15) is 9.59 Å². The van der Waals surface area contributed by atoms with Crippen LogP contribution in [0.3, 0.4) is 0 Å². The lowest BCUT2D eigenvalue weighted by molar-refractivity contribution is -0.121. The Hall–Kier alpha value is -2.87. The smallest absolute Gasteiger partial charge is 0.227 e. The summed E-state index contributed by atoms with van der Waals surface area (Å²) < 4.78 is 10.8. The lowest BCUT2D eigenvalue weighted by Crippen LogP contribution is -2.24. The van der Waals surface area contributed by atoms with Crippen molar-refractivity contribution >= 4 is 23.2 Å². The van der Waals surface area contributed by atoms with Crippen LogP contribution in [0.4, 0.5) is 0 Å². The normalized spacial score (nSPS) is 10.6. The standard InChI is InChI=1S/C17H17N3O4S/c1-11(21)18-9-13-4-5-15(24-13)14-10-25-17(20-14)7-16(22)19-8-12-3-2-6-23-12/h2-6,10H,7-9H2,1H3,(H,18,21)(H,19,22). The number of thiazole rings is 1. The van der Waals surface area contributed by atoms with Crippen molar-refractivity contribution in [2.45, 2.75) is 26.4 Å². The Bertz CT molecular complexity index is 851. The van der Waals surface area contributed by atoms with Crippen LogP contribution in [0.2, 0.25) is 0 Å². The molecular weight excluding hydrogens is 342 g/mol. The van der Waals surface area contributed by atoms with Gasteiger partial charge in [0.1, 0.15) is 22.2 Å². The largest absolute Gasteiger partial charge is 0.467 e. The molecule has 3 aromatic rings. The summed E-state index contributed by atoms with van der Waals surface area (Å²) in [5.74, 6) is 1.72. The summed E-state index contributed by atoms with van der Waals surface area (Å²) in [7, 11) is 0. The fraction of sp³-hybridized carbons (Fsp3) is 0.235. The van der Waals surface area contributed by atoms with Crippen LogP contribution in [0.25, 0.3) is 11.5 Å². The maximum absolute atomic E-state index is 12.0. The molecule has 0 saturated carbocycles. The molecule has 3 heterocycles. The Kier molecular flexibility index (Phi) is 5.30. The molecule has 8 heteroatoms. The first-order chi connectivity index (χ1) is 12.1. The van der Waals surface area contributed by atoms with Crippen LogP contribution in [0.5, 0.6) is 0 Å². The summed E-state index contributed by atoms with van der Waals surface area (Å²) in [4.78, 5) is 27.3. The van der Waals surface area contributed by atoms with Crippen molar-refractivity contribution in [2.24, 2.45) is 0 Å². The zero-order valence-electron chi connectivity index (χ0n) is 13.6. The molecule has 3 aromatic heterocycles. The number of rotatable bonds is 7. The SMILES string of the molecule is CC(=O)NCc1ccc(-c2csc(CC(=O)NCc3ccco3)n2)o1. The predicted molar refractivity (Wildman–Crippen MR) is 91.6 cm³/mol. The highest BCUT2D eigenvalue weighted by Crippen LogP contribution is 2.24. The number of carbonyl (C=O) groups excluding carboxylic acids is 2. The highest BCUT2D eigenvalue weighted by Gasteiger charge is 2.12. The highest BCUT2D eigenvalue weighted by molar-refractivity contribution is 7.10. The Morgan fingerprint density at radius 1 is 1.16 bits per heavy atom. The molecule has 0 aliphatic heterocycles. The lowest BCUT2D eigenvalue weighted by atomic mass is 10.3. The maximum Gasteiger partial charge on any atom is 0.227 e. The minimum absolute atomic E-state index is 0.116. The van der Waals surface area contributed by atoms with E-state index in [1.54, 1.807) is 30.5 Å². The Labute approximate surface area is 148 Å². The van der Waals surface area contributed by atoms with E-state index in [0.29, 0.717) is 41.1 Å². The van der Waals surface area contributed by atoms with Gasteiger partial charge in [0, 0.05) is 12.3 Å². The van der Waals surface area contributed by atoms with Gasteiger partial charge in [-0.25, -0.2) is 4.98 Å². The number of amides is 2. The Morgan fingerprint density at radius 3 is 2.76 bits per heavy atom. The second-order valence-electron chi connectivity index (χ2n) is 5.34. The van der Waals surface area contributed by atoms with Gasteiger partial charge in [0.25, 0.3) is 0 Å². The topological polar surface area (TPSA) is 97.4 Å². The molecule has 0 atom stereocenters. The number of nitrogens with one attached hydrogen (secondary N) is 2. The molecule has 0 aliphatic rings. The van der Waals surface area contributed by atoms with Gasteiger partial charge in [0.05, 0.1) is 25.8 Å². The van der Waals surface area contributed by atoms with Gasteiger partial charge in [-0.3, -0.25) is 9.59 Å². The highest BCUT2D eigenvalue weighted by atomic mass is 32.1. The molecule has 2 N–H and O–H groups in total. The number of hydrogen-bond donors (Lipinski definition) is 2. The first kappa shape index (κ1) is 17.0. The van der Waals surface area contributed by atoms with Crippen LogP contribution in [0.1, 0.15) is 23.5 Å². The van der Waals surface area contributed by atoms with Crippen molar-refractivity contribution in [1.82, 2.24) is 15.6 Å². The van der Waals surface area contributed by atoms with E-state index in [1.165, 1.54) is 18.3 Å². The molecule has 7 nitrogen and oxygen atoms in total. The van der Waals surface area contributed by atoms with Gasteiger partial charge in [0.15, 0.2) is 5.76 Å². The molecule has 0 spiro atoms. The van der Waals surface area contributed by atoms with Crippen molar-refractivity contribution in [3.05, 3.63) is 52.4 Å². The Morgan fingerprint density at radius 2 is 2.00 bits per heavy atom. The monoisotopic (exact) mass is 359 g/mol. The number of furan rings is 2. The molecule has 130 valence electrons. The number of aromatic nitrogens is 1. The molecule has 0 unspecified atom stereocenters. The van der Waals surface area contributed by atoms with E-state index in [1.807, 2.05) is 5.38 Å². The van der Waals surface area contributed by atoms with Crippen LogP contribution in [0.15, 0.2) is 44.7 Å². The molecule has 0 aliphatic carbocycles. The second-order valence-corrected chi connectivity index (χ2v) is 6.28. The summed E-state index contributed by atoms with van der Waals surface area (Å²) in [6.45, 7) is 2.14. The van der Waals surface area contributed by atoms with Crippen LogP contribution in [-0.4, -0.2) is 16.8 Å². The fourth-order valence-electron chi connectivity index (χ4n) is 2.13. The number of nitrogens with zero attached hydrogens (tertiary/aromatic N) is 1.